The zero-order valence-electron chi connectivity index (χ0n) is 17.4. The van der Waals surface area contributed by atoms with Crippen LogP contribution in [-0.2, 0) is 19.4 Å². The lowest BCUT2D eigenvalue weighted by Gasteiger charge is -2.31. The standard InChI is InChI=1S/C24H28FN3O2/c1-17-21(24(30)28-14-3-2-6-22(28)26-17)5-4-13-27-15-11-19(12-16-27)23(29)18-7-9-20(25)10-8-18/h2-3,7-10,19H,4-6,11-16H2,1H3. The number of nitrogens with zero attached hydrogens (tertiary/aromatic N) is 3. The number of hydrogen-bond donors (Lipinski definition) is 0. The molecule has 0 spiro atoms. The van der Waals surface area contributed by atoms with E-state index < -0.39 is 0 Å². The molecule has 4 rings (SSSR count). The first-order chi connectivity index (χ1) is 14.5. The molecule has 0 aliphatic carbocycles. The van der Waals surface area contributed by atoms with Crippen LogP contribution in [0.1, 0.15) is 46.7 Å². The van der Waals surface area contributed by atoms with Crippen molar-refractivity contribution in [3.05, 3.63) is 75.2 Å². The molecule has 158 valence electrons. The molecular weight excluding hydrogens is 381 g/mol. The van der Waals surface area contributed by atoms with Gasteiger partial charge in [-0.05, 0) is 76.5 Å². The van der Waals surface area contributed by atoms with E-state index in [1.807, 2.05) is 13.0 Å². The highest BCUT2D eigenvalue weighted by atomic mass is 19.1. The smallest absolute Gasteiger partial charge is 0.257 e. The van der Waals surface area contributed by atoms with E-state index >= 15 is 0 Å². The van der Waals surface area contributed by atoms with Gasteiger partial charge in [0.25, 0.3) is 5.56 Å². The van der Waals surface area contributed by atoms with Gasteiger partial charge in [0.05, 0.1) is 0 Å². The fraction of sp³-hybridized carbons (Fsp3) is 0.458. The van der Waals surface area contributed by atoms with Gasteiger partial charge in [-0.15, -0.1) is 0 Å². The Morgan fingerprint density at radius 2 is 1.90 bits per heavy atom. The van der Waals surface area contributed by atoms with Crippen molar-refractivity contribution in [3.8, 4) is 0 Å². The van der Waals surface area contributed by atoms with E-state index in [2.05, 4.69) is 16.0 Å². The Morgan fingerprint density at radius 1 is 1.17 bits per heavy atom. The average molecular weight is 410 g/mol. The second kappa shape index (κ2) is 9.04. The largest absolute Gasteiger partial charge is 0.303 e. The van der Waals surface area contributed by atoms with Crippen molar-refractivity contribution < 1.29 is 9.18 Å². The second-order valence-electron chi connectivity index (χ2n) is 8.27. The SMILES string of the molecule is Cc1nc2n(c(=O)c1CCCN1CCC(C(=O)c3ccc(F)cc3)CC1)CC=CC2. The van der Waals surface area contributed by atoms with Crippen molar-refractivity contribution in [3.63, 3.8) is 0 Å². The Balaban J connectivity index is 1.28. The summed E-state index contributed by atoms with van der Waals surface area (Å²) in [5.41, 5.74) is 2.38. The van der Waals surface area contributed by atoms with E-state index in [0.29, 0.717) is 12.1 Å². The fourth-order valence-electron chi connectivity index (χ4n) is 4.51. The average Bonchev–Trinajstić information content (AvgIpc) is 2.76. The van der Waals surface area contributed by atoms with Gasteiger partial charge in [0.15, 0.2) is 5.78 Å². The number of benzene rings is 1. The number of hydrogen-bond acceptors (Lipinski definition) is 4. The summed E-state index contributed by atoms with van der Waals surface area (Å²) in [6, 6.07) is 5.85. The van der Waals surface area contributed by atoms with E-state index in [0.717, 1.165) is 68.8 Å². The van der Waals surface area contributed by atoms with E-state index in [9.17, 15) is 14.0 Å². The third-order valence-corrected chi connectivity index (χ3v) is 6.29. The second-order valence-corrected chi connectivity index (χ2v) is 8.27. The van der Waals surface area contributed by atoms with E-state index in [4.69, 9.17) is 0 Å². The maximum absolute atomic E-state index is 13.1. The lowest BCUT2D eigenvalue weighted by Crippen LogP contribution is -2.37. The number of rotatable bonds is 6. The monoisotopic (exact) mass is 409 g/mol. The van der Waals surface area contributed by atoms with Crippen molar-refractivity contribution in [2.75, 3.05) is 19.6 Å². The molecule has 5 nitrogen and oxygen atoms in total. The number of Topliss-reactive ketones (excluding diaryl/α,β-unsaturated/α-hetero) is 1. The Kier molecular flexibility index (Phi) is 6.23. The Hall–Kier alpha value is -2.60. The number of allylic oxidation sites excluding steroid dienone is 2. The molecule has 0 atom stereocenters. The van der Waals surface area contributed by atoms with Gasteiger partial charge in [0.2, 0.25) is 0 Å². The zero-order valence-corrected chi connectivity index (χ0v) is 17.4. The minimum absolute atomic E-state index is 0.0106. The summed E-state index contributed by atoms with van der Waals surface area (Å²) in [5, 5.41) is 0. The van der Waals surface area contributed by atoms with Gasteiger partial charge in [-0.2, -0.15) is 0 Å². The minimum Gasteiger partial charge on any atom is -0.303 e. The molecule has 0 N–H and O–H groups in total. The number of ketones is 1. The highest BCUT2D eigenvalue weighted by Crippen LogP contribution is 2.22. The molecule has 0 radical (unpaired) electrons. The molecule has 1 aromatic heterocycles. The van der Waals surface area contributed by atoms with Gasteiger partial charge in [0.1, 0.15) is 11.6 Å². The molecule has 2 aromatic rings. The van der Waals surface area contributed by atoms with E-state index in [1.54, 1.807) is 16.7 Å². The number of halogens is 1. The van der Waals surface area contributed by atoms with Crippen LogP contribution in [0, 0.1) is 18.7 Å². The minimum atomic E-state index is -0.318. The van der Waals surface area contributed by atoms with Crippen LogP contribution < -0.4 is 5.56 Å². The Bertz CT molecular complexity index is 1000. The maximum atomic E-state index is 13.1. The molecule has 1 aromatic carbocycles. The summed E-state index contributed by atoms with van der Waals surface area (Å²) in [5.74, 6) is 0.669. The predicted octanol–water partition coefficient (Wildman–Crippen LogP) is 3.33. The molecule has 0 bridgehead atoms. The molecular formula is C24H28FN3O2. The van der Waals surface area contributed by atoms with Crippen LogP contribution >= 0.6 is 0 Å². The molecule has 0 saturated carbocycles. The van der Waals surface area contributed by atoms with Crippen LogP contribution in [0.2, 0.25) is 0 Å². The summed E-state index contributed by atoms with van der Waals surface area (Å²) in [7, 11) is 0. The Labute approximate surface area is 176 Å². The molecule has 3 heterocycles. The zero-order chi connectivity index (χ0) is 21.1. The predicted molar refractivity (Wildman–Crippen MR) is 114 cm³/mol. The summed E-state index contributed by atoms with van der Waals surface area (Å²) in [6.07, 6.45) is 8.09. The van der Waals surface area contributed by atoms with E-state index in [1.165, 1.54) is 12.1 Å². The van der Waals surface area contributed by atoms with Gasteiger partial charge in [-0.1, -0.05) is 12.2 Å². The van der Waals surface area contributed by atoms with Gasteiger partial charge in [0, 0.05) is 35.7 Å². The molecule has 2 aliphatic heterocycles. The number of carbonyl (C=O) groups excluding carboxylic acids is 1. The topological polar surface area (TPSA) is 55.2 Å². The third kappa shape index (κ3) is 4.43. The lowest BCUT2D eigenvalue weighted by atomic mass is 9.89. The summed E-state index contributed by atoms with van der Waals surface area (Å²) in [6.45, 7) is 5.22. The van der Waals surface area contributed by atoms with Crippen LogP contribution in [0.4, 0.5) is 4.39 Å². The summed E-state index contributed by atoms with van der Waals surface area (Å²) in [4.78, 5) is 32.4. The lowest BCUT2D eigenvalue weighted by molar-refractivity contribution is 0.0839. The first kappa shape index (κ1) is 20.7. The molecule has 6 heteroatoms. The molecule has 0 amide bonds. The first-order valence-electron chi connectivity index (χ1n) is 10.8. The first-order valence-corrected chi connectivity index (χ1v) is 10.8. The molecule has 30 heavy (non-hydrogen) atoms. The maximum Gasteiger partial charge on any atom is 0.257 e. The van der Waals surface area contributed by atoms with Gasteiger partial charge >= 0.3 is 0 Å². The number of aromatic nitrogens is 2. The fourth-order valence-corrected chi connectivity index (χ4v) is 4.51. The molecule has 0 unspecified atom stereocenters. The van der Waals surface area contributed by atoms with Crippen LogP contribution in [0.3, 0.4) is 0 Å². The number of carbonyl (C=O) groups is 1. The third-order valence-electron chi connectivity index (χ3n) is 6.29. The highest BCUT2D eigenvalue weighted by Gasteiger charge is 2.25. The van der Waals surface area contributed by atoms with Gasteiger partial charge in [-0.3, -0.25) is 14.2 Å². The molecule has 1 fully saturated rings. The highest BCUT2D eigenvalue weighted by molar-refractivity contribution is 5.97. The van der Waals surface area contributed by atoms with Crippen molar-refractivity contribution in [1.82, 2.24) is 14.5 Å². The van der Waals surface area contributed by atoms with Crippen LogP contribution in [0.15, 0.2) is 41.2 Å². The van der Waals surface area contributed by atoms with Gasteiger partial charge < -0.3 is 4.90 Å². The van der Waals surface area contributed by atoms with Crippen molar-refractivity contribution >= 4 is 5.78 Å². The van der Waals surface area contributed by atoms with Gasteiger partial charge in [-0.25, -0.2) is 9.37 Å². The molecule has 2 aliphatic rings. The van der Waals surface area contributed by atoms with Crippen LogP contribution in [-0.4, -0.2) is 39.9 Å². The quantitative estimate of drug-likeness (QED) is 0.543. The van der Waals surface area contributed by atoms with E-state index in [-0.39, 0.29) is 23.1 Å². The van der Waals surface area contributed by atoms with Crippen molar-refractivity contribution in [1.29, 1.82) is 0 Å². The number of fused-ring (bicyclic) bond motifs is 1. The number of aryl methyl sites for hydroxylation is 1. The van der Waals surface area contributed by atoms with Crippen molar-refractivity contribution in [2.45, 2.75) is 45.6 Å². The number of likely N-dealkylation sites (tertiary alicyclic amines) is 1. The Morgan fingerprint density at radius 3 is 2.63 bits per heavy atom. The summed E-state index contributed by atoms with van der Waals surface area (Å²) >= 11 is 0. The van der Waals surface area contributed by atoms with Crippen LogP contribution in [0.25, 0.3) is 0 Å². The van der Waals surface area contributed by atoms with Crippen LogP contribution in [0.5, 0.6) is 0 Å². The summed E-state index contributed by atoms with van der Waals surface area (Å²) < 4.78 is 14.9. The normalized spacial score (nSPS) is 17.1. The van der Waals surface area contributed by atoms with Crippen molar-refractivity contribution in [2.24, 2.45) is 5.92 Å². The molecule has 1 saturated heterocycles. The number of piperidine rings is 1.